The van der Waals surface area contributed by atoms with Gasteiger partial charge in [0.15, 0.2) is 0 Å². The molecule has 0 radical (unpaired) electrons. The fourth-order valence-electron chi connectivity index (χ4n) is 2.69. The maximum Gasteiger partial charge on any atom is 0.294 e. The number of carbonyl (C=O) groups is 2. The predicted octanol–water partition coefficient (Wildman–Crippen LogP) is 3.70. The molecule has 1 amide bonds. The molecule has 1 atom stereocenters. The minimum Gasteiger partial charge on any atom is -0.347 e. The normalized spacial score (nSPS) is 12.1. The lowest BCUT2D eigenvalue weighted by molar-refractivity contribution is -0.117. The van der Waals surface area contributed by atoms with E-state index >= 15 is 0 Å². The molecule has 0 aliphatic rings. The van der Waals surface area contributed by atoms with Gasteiger partial charge in [0.2, 0.25) is 0 Å². The number of ketones is 1. The van der Waals surface area contributed by atoms with Crippen molar-refractivity contribution >= 4 is 17.2 Å². The minimum atomic E-state index is -0.564. The van der Waals surface area contributed by atoms with Crippen molar-refractivity contribution in [1.82, 2.24) is 9.72 Å². The first-order chi connectivity index (χ1) is 11.6. The first-order valence-corrected chi connectivity index (χ1v) is 8.12. The van der Waals surface area contributed by atoms with Crippen LogP contribution in [0.2, 0.25) is 0 Å². The Balaban J connectivity index is 2.12. The lowest BCUT2D eigenvalue weighted by Gasteiger charge is -2.11. The van der Waals surface area contributed by atoms with E-state index in [0.717, 1.165) is 23.1 Å². The second-order valence-electron chi connectivity index (χ2n) is 5.88. The van der Waals surface area contributed by atoms with Crippen molar-refractivity contribution in [2.45, 2.75) is 26.3 Å². The second kappa shape index (κ2) is 6.71. The number of rotatable bonds is 5. The molecule has 0 aliphatic carbocycles. The van der Waals surface area contributed by atoms with Crippen LogP contribution in [0.25, 0.3) is 16.6 Å². The predicted molar refractivity (Wildman–Crippen MR) is 95.1 cm³/mol. The topological polar surface area (TPSA) is 50.6 Å². The molecule has 0 spiro atoms. The molecule has 24 heavy (non-hydrogen) atoms. The van der Waals surface area contributed by atoms with Gasteiger partial charge in [0.05, 0.1) is 0 Å². The molecule has 122 valence electrons. The van der Waals surface area contributed by atoms with Crippen molar-refractivity contribution in [2.75, 3.05) is 0 Å². The molecule has 2 aromatic heterocycles. The van der Waals surface area contributed by atoms with Gasteiger partial charge >= 0.3 is 0 Å². The van der Waals surface area contributed by atoms with Crippen LogP contribution >= 0.6 is 0 Å². The summed E-state index contributed by atoms with van der Waals surface area (Å²) in [5.41, 5.74) is 2.97. The van der Waals surface area contributed by atoms with Gasteiger partial charge in [0.1, 0.15) is 5.69 Å². The molecule has 3 rings (SSSR count). The number of hydrogen-bond acceptors (Lipinski definition) is 2. The number of carbonyl (C=O) groups excluding carboxylic acids is 2. The summed E-state index contributed by atoms with van der Waals surface area (Å²) in [5, 5.41) is 2.76. The third kappa shape index (κ3) is 2.95. The van der Waals surface area contributed by atoms with E-state index in [4.69, 9.17) is 0 Å². The van der Waals surface area contributed by atoms with Gasteiger partial charge in [-0.25, -0.2) is 0 Å². The first-order valence-electron chi connectivity index (χ1n) is 8.12. The quantitative estimate of drug-likeness (QED) is 0.575. The van der Waals surface area contributed by atoms with Crippen molar-refractivity contribution in [3.63, 3.8) is 0 Å². The van der Waals surface area contributed by atoms with E-state index < -0.39 is 11.7 Å². The number of hydrogen-bond donors (Lipinski definition) is 1. The number of benzene rings is 1. The number of pyridine rings is 1. The Morgan fingerprint density at radius 1 is 1.08 bits per heavy atom. The van der Waals surface area contributed by atoms with Gasteiger partial charge < -0.3 is 9.72 Å². The zero-order valence-electron chi connectivity index (χ0n) is 13.8. The van der Waals surface area contributed by atoms with E-state index in [1.807, 2.05) is 74.6 Å². The second-order valence-corrected chi connectivity index (χ2v) is 5.88. The Labute approximate surface area is 141 Å². The summed E-state index contributed by atoms with van der Waals surface area (Å²) in [7, 11) is 0. The third-order valence-electron chi connectivity index (χ3n) is 4.18. The highest BCUT2D eigenvalue weighted by molar-refractivity contribution is 6.43. The Bertz CT molecular complexity index is 881. The van der Waals surface area contributed by atoms with Crippen molar-refractivity contribution in [1.29, 1.82) is 0 Å². The van der Waals surface area contributed by atoms with Crippen LogP contribution in [0.3, 0.4) is 0 Å². The van der Waals surface area contributed by atoms with Crippen molar-refractivity contribution in [2.24, 2.45) is 0 Å². The van der Waals surface area contributed by atoms with Crippen LogP contribution in [0.4, 0.5) is 0 Å². The van der Waals surface area contributed by atoms with Gasteiger partial charge in [0.25, 0.3) is 11.7 Å². The molecule has 0 aliphatic heterocycles. The Morgan fingerprint density at radius 3 is 2.50 bits per heavy atom. The van der Waals surface area contributed by atoms with Crippen molar-refractivity contribution in [3.8, 4) is 11.1 Å². The Hall–Kier alpha value is -2.88. The maximum atomic E-state index is 12.8. The van der Waals surface area contributed by atoms with Crippen molar-refractivity contribution in [3.05, 3.63) is 66.5 Å². The number of fused-ring (bicyclic) bond motifs is 1. The van der Waals surface area contributed by atoms with Gasteiger partial charge in [-0.15, -0.1) is 0 Å². The van der Waals surface area contributed by atoms with Gasteiger partial charge in [-0.3, -0.25) is 9.59 Å². The molecule has 0 unspecified atom stereocenters. The van der Waals surface area contributed by atoms with E-state index in [1.54, 1.807) is 4.40 Å². The van der Waals surface area contributed by atoms with Crippen LogP contribution in [0.1, 0.15) is 30.8 Å². The SMILES string of the molecule is CC[C@@H](C)NC(=O)C(=O)c1c(-c2ccccc2)cc2ccccn12. The highest BCUT2D eigenvalue weighted by Gasteiger charge is 2.25. The number of nitrogens with one attached hydrogen (secondary N) is 1. The van der Waals surface area contributed by atoms with E-state index in [9.17, 15) is 9.59 Å². The molecule has 0 saturated heterocycles. The van der Waals surface area contributed by atoms with Gasteiger partial charge in [-0.05, 0) is 37.1 Å². The van der Waals surface area contributed by atoms with E-state index in [2.05, 4.69) is 5.32 Å². The van der Waals surface area contributed by atoms with Crippen LogP contribution < -0.4 is 5.32 Å². The fourth-order valence-corrected chi connectivity index (χ4v) is 2.69. The fraction of sp³-hybridized carbons (Fsp3) is 0.200. The van der Waals surface area contributed by atoms with Gasteiger partial charge in [-0.1, -0.05) is 43.3 Å². The first kappa shape index (κ1) is 16.0. The van der Waals surface area contributed by atoms with Gasteiger partial charge in [0, 0.05) is 23.3 Å². The van der Waals surface area contributed by atoms with Crippen LogP contribution in [0.5, 0.6) is 0 Å². The van der Waals surface area contributed by atoms with Gasteiger partial charge in [-0.2, -0.15) is 0 Å². The van der Waals surface area contributed by atoms with E-state index in [-0.39, 0.29) is 6.04 Å². The molecular formula is C20H20N2O2. The molecule has 0 fully saturated rings. The zero-order valence-corrected chi connectivity index (χ0v) is 13.8. The van der Waals surface area contributed by atoms with E-state index in [1.165, 1.54) is 0 Å². The lowest BCUT2D eigenvalue weighted by atomic mass is 10.0. The highest BCUT2D eigenvalue weighted by atomic mass is 16.2. The zero-order chi connectivity index (χ0) is 17.1. The van der Waals surface area contributed by atoms with E-state index in [0.29, 0.717) is 5.69 Å². The smallest absolute Gasteiger partial charge is 0.294 e. The summed E-state index contributed by atoms with van der Waals surface area (Å²) in [4.78, 5) is 25.2. The minimum absolute atomic E-state index is 0.0344. The average molecular weight is 320 g/mol. The Kier molecular flexibility index (Phi) is 4.47. The summed E-state index contributed by atoms with van der Waals surface area (Å²) in [5.74, 6) is -1.08. The summed E-state index contributed by atoms with van der Waals surface area (Å²) in [6.07, 6.45) is 2.59. The summed E-state index contributed by atoms with van der Waals surface area (Å²) in [6.45, 7) is 3.86. The summed E-state index contributed by atoms with van der Waals surface area (Å²) in [6, 6.07) is 17.3. The molecule has 1 N–H and O–H groups in total. The molecule has 1 aromatic carbocycles. The van der Waals surface area contributed by atoms with Crippen LogP contribution in [-0.2, 0) is 4.79 Å². The largest absolute Gasteiger partial charge is 0.347 e. The number of aromatic nitrogens is 1. The third-order valence-corrected chi connectivity index (χ3v) is 4.18. The molecule has 4 nitrogen and oxygen atoms in total. The number of amides is 1. The molecular weight excluding hydrogens is 300 g/mol. The molecule has 3 aromatic rings. The van der Waals surface area contributed by atoms with Crippen molar-refractivity contribution < 1.29 is 9.59 Å². The standard InChI is InChI=1S/C20H20N2O2/c1-3-14(2)21-20(24)19(23)18-17(15-9-5-4-6-10-15)13-16-11-7-8-12-22(16)18/h4-14H,3H2,1-2H3,(H,21,24)/t14-/m1/s1. The van der Waals surface area contributed by atoms with Crippen LogP contribution in [0, 0.1) is 0 Å². The molecule has 0 saturated carbocycles. The number of Topliss-reactive ketones (excluding diaryl/α,β-unsaturated/α-hetero) is 1. The molecule has 4 heteroatoms. The maximum absolute atomic E-state index is 12.8. The monoisotopic (exact) mass is 320 g/mol. The summed E-state index contributed by atoms with van der Waals surface area (Å²) < 4.78 is 1.78. The average Bonchev–Trinajstić information content (AvgIpc) is 3.01. The highest BCUT2D eigenvalue weighted by Crippen LogP contribution is 2.28. The molecule has 0 bridgehead atoms. The lowest BCUT2D eigenvalue weighted by Crippen LogP contribution is -2.37. The number of nitrogens with zero attached hydrogens (tertiary/aromatic N) is 1. The summed E-state index contributed by atoms with van der Waals surface area (Å²) >= 11 is 0. The van der Waals surface area contributed by atoms with Crippen LogP contribution in [-0.4, -0.2) is 22.1 Å². The van der Waals surface area contributed by atoms with Crippen LogP contribution in [0.15, 0.2) is 60.8 Å². The molecule has 2 heterocycles. The Morgan fingerprint density at radius 2 is 1.79 bits per heavy atom.